The molecule has 1 unspecified atom stereocenters. The van der Waals surface area contributed by atoms with E-state index in [0.717, 1.165) is 0 Å². The van der Waals surface area contributed by atoms with Gasteiger partial charge in [-0.1, -0.05) is 0 Å². The number of methoxy groups -OCH3 is 1. The van der Waals surface area contributed by atoms with Crippen LogP contribution in [0.4, 0.5) is 0 Å². The van der Waals surface area contributed by atoms with Gasteiger partial charge in [0.15, 0.2) is 0 Å². The van der Waals surface area contributed by atoms with E-state index in [1.54, 1.807) is 12.1 Å². The van der Waals surface area contributed by atoms with Crippen LogP contribution in [-0.2, 0) is 15.1 Å². The summed E-state index contributed by atoms with van der Waals surface area (Å²) in [5.41, 5.74) is -0.327. The minimum absolute atomic E-state index is 0.217. The van der Waals surface area contributed by atoms with Gasteiger partial charge in [-0.05, 0) is 19.1 Å². The standard InChI is InChI=1S/C9H10O4/c1-9(5-12-9)7-4-3-6(13-7)8(10)11-2/h3-4H,5H2,1-2H3. The van der Waals surface area contributed by atoms with Gasteiger partial charge in [0, 0.05) is 0 Å². The predicted octanol–water partition coefficient (Wildman–Crippen LogP) is 1.31. The molecule has 0 radical (unpaired) electrons. The van der Waals surface area contributed by atoms with Crippen LogP contribution in [0.3, 0.4) is 0 Å². The van der Waals surface area contributed by atoms with Crippen LogP contribution in [0, 0.1) is 0 Å². The molecule has 2 heterocycles. The molecule has 1 aliphatic heterocycles. The molecule has 4 nitrogen and oxygen atoms in total. The molecule has 1 atom stereocenters. The quantitative estimate of drug-likeness (QED) is 0.511. The third kappa shape index (κ3) is 1.33. The molecule has 1 aromatic heterocycles. The van der Waals surface area contributed by atoms with Gasteiger partial charge in [0.25, 0.3) is 0 Å². The Bertz CT molecular complexity index is 335. The first-order chi connectivity index (χ1) is 6.15. The minimum atomic E-state index is -0.462. The second kappa shape index (κ2) is 2.60. The molecular formula is C9H10O4. The fourth-order valence-corrected chi connectivity index (χ4v) is 1.08. The maximum Gasteiger partial charge on any atom is 0.373 e. The van der Waals surface area contributed by atoms with Crippen LogP contribution in [0.1, 0.15) is 23.2 Å². The molecule has 0 spiro atoms. The first-order valence-electron chi connectivity index (χ1n) is 3.98. The van der Waals surface area contributed by atoms with Gasteiger partial charge in [-0.2, -0.15) is 0 Å². The van der Waals surface area contributed by atoms with Crippen molar-refractivity contribution in [2.75, 3.05) is 13.7 Å². The van der Waals surface area contributed by atoms with Crippen LogP contribution in [0.2, 0.25) is 0 Å². The fourth-order valence-electron chi connectivity index (χ4n) is 1.08. The monoisotopic (exact) mass is 182 g/mol. The van der Waals surface area contributed by atoms with Gasteiger partial charge >= 0.3 is 5.97 Å². The van der Waals surface area contributed by atoms with Crippen molar-refractivity contribution in [2.24, 2.45) is 0 Å². The van der Waals surface area contributed by atoms with Crippen LogP contribution in [0.5, 0.6) is 0 Å². The van der Waals surface area contributed by atoms with E-state index in [-0.39, 0.29) is 11.4 Å². The zero-order chi connectivity index (χ0) is 9.47. The maximum atomic E-state index is 11.0. The number of carbonyl (C=O) groups excluding carboxylic acids is 1. The SMILES string of the molecule is COC(=O)c1ccc(C2(C)CO2)o1. The summed E-state index contributed by atoms with van der Waals surface area (Å²) in [7, 11) is 1.32. The normalized spacial score (nSPS) is 25.7. The average molecular weight is 182 g/mol. The predicted molar refractivity (Wildman–Crippen MR) is 43.4 cm³/mol. The zero-order valence-electron chi connectivity index (χ0n) is 7.49. The van der Waals surface area contributed by atoms with Crippen LogP contribution >= 0.6 is 0 Å². The molecule has 1 aromatic rings. The third-order valence-corrected chi connectivity index (χ3v) is 2.09. The van der Waals surface area contributed by atoms with Gasteiger partial charge in [-0.15, -0.1) is 0 Å². The van der Waals surface area contributed by atoms with Gasteiger partial charge in [0.2, 0.25) is 5.76 Å². The first kappa shape index (κ1) is 8.31. The van der Waals surface area contributed by atoms with E-state index in [9.17, 15) is 4.79 Å². The number of hydrogen-bond acceptors (Lipinski definition) is 4. The summed E-state index contributed by atoms with van der Waals surface area (Å²) in [6.07, 6.45) is 0. The summed E-state index contributed by atoms with van der Waals surface area (Å²) in [4.78, 5) is 11.0. The van der Waals surface area contributed by atoms with Crippen molar-refractivity contribution in [3.8, 4) is 0 Å². The largest absolute Gasteiger partial charge is 0.463 e. The molecule has 70 valence electrons. The van der Waals surface area contributed by atoms with E-state index in [2.05, 4.69) is 4.74 Å². The van der Waals surface area contributed by atoms with Crippen molar-refractivity contribution < 1.29 is 18.7 Å². The van der Waals surface area contributed by atoms with Crippen molar-refractivity contribution >= 4 is 5.97 Å². The molecule has 2 rings (SSSR count). The topological polar surface area (TPSA) is 52.0 Å². The number of rotatable bonds is 2. The van der Waals surface area contributed by atoms with Crippen LogP contribution in [0.15, 0.2) is 16.5 Å². The summed E-state index contributed by atoms with van der Waals surface area (Å²) >= 11 is 0. The highest BCUT2D eigenvalue weighted by atomic mass is 16.6. The highest BCUT2D eigenvalue weighted by Crippen LogP contribution is 2.38. The zero-order valence-corrected chi connectivity index (χ0v) is 7.49. The maximum absolute atomic E-state index is 11.0. The van der Waals surface area contributed by atoms with Crippen molar-refractivity contribution in [2.45, 2.75) is 12.5 Å². The van der Waals surface area contributed by atoms with Crippen molar-refractivity contribution in [3.05, 3.63) is 23.7 Å². The van der Waals surface area contributed by atoms with E-state index in [1.807, 2.05) is 6.92 Å². The Balaban J connectivity index is 2.23. The van der Waals surface area contributed by atoms with E-state index >= 15 is 0 Å². The van der Waals surface area contributed by atoms with Crippen LogP contribution < -0.4 is 0 Å². The van der Waals surface area contributed by atoms with Gasteiger partial charge in [-0.3, -0.25) is 0 Å². The molecule has 0 aromatic carbocycles. The number of furan rings is 1. The smallest absolute Gasteiger partial charge is 0.373 e. The van der Waals surface area contributed by atoms with Crippen molar-refractivity contribution in [1.82, 2.24) is 0 Å². The lowest BCUT2D eigenvalue weighted by Gasteiger charge is -1.98. The number of hydrogen-bond donors (Lipinski definition) is 0. The number of esters is 1. The molecule has 0 bridgehead atoms. The molecule has 0 N–H and O–H groups in total. The van der Waals surface area contributed by atoms with E-state index in [4.69, 9.17) is 9.15 Å². The van der Waals surface area contributed by atoms with Crippen LogP contribution in [-0.4, -0.2) is 19.7 Å². The van der Waals surface area contributed by atoms with E-state index < -0.39 is 5.97 Å². The van der Waals surface area contributed by atoms with Crippen LogP contribution in [0.25, 0.3) is 0 Å². The Morgan fingerprint density at radius 3 is 2.85 bits per heavy atom. The van der Waals surface area contributed by atoms with Crippen molar-refractivity contribution in [1.29, 1.82) is 0 Å². The molecule has 1 fully saturated rings. The lowest BCUT2D eigenvalue weighted by Crippen LogP contribution is -2.01. The summed E-state index contributed by atoms with van der Waals surface area (Å²) in [5.74, 6) is 0.428. The Kier molecular flexibility index (Phi) is 1.66. The molecule has 1 aliphatic rings. The number of ether oxygens (including phenoxy) is 2. The van der Waals surface area contributed by atoms with Crippen molar-refractivity contribution in [3.63, 3.8) is 0 Å². The molecule has 13 heavy (non-hydrogen) atoms. The molecule has 1 saturated heterocycles. The molecule has 0 aliphatic carbocycles. The molecule has 0 saturated carbocycles. The highest BCUT2D eigenvalue weighted by Gasteiger charge is 2.44. The average Bonchev–Trinajstić information content (AvgIpc) is 2.72. The Hall–Kier alpha value is -1.29. The number of epoxide rings is 1. The molecular weight excluding hydrogens is 172 g/mol. The summed E-state index contributed by atoms with van der Waals surface area (Å²) in [6, 6.07) is 3.33. The second-order valence-corrected chi connectivity index (χ2v) is 3.18. The highest BCUT2D eigenvalue weighted by molar-refractivity contribution is 5.86. The summed E-state index contributed by atoms with van der Waals surface area (Å²) in [5, 5.41) is 0. The van der Waals surface area contributed by atoms with E-state index in [0.29, 0.717) is 12.4 Å². The Morgan fingerprint density at radius 2 is 2.31 bits per heavy atom. The molecule has 0 amide bonds. The number of carbonyl (C=O) groups is 1. The second-order valence-electron chi connectivity index (χ2n) is 3.18. The lowest BCUT2D eigenvalue weighted by atomic mass is 10.1. The van der Waals surface area contributed by atoms with Gasteiger partial charge in [0.1, 0.15) is 11.4 Å². The van der Waals surface area contributed by atoms with Gasteiger partial charge in [-0.25, -0.2) is 4.79 Å². The molecule has 4 heteroatoms. The van der Waals surface area contributed by atoms with E-state index in [1.165, 1.54) is 7.11 Å². The fraction of sp³-hybridized carbons (Fsp3) is 0.444. The first-order valence-corrected chi connectivity index (χ1v) is 3.98. The summed E-state index contributed by atoms with van der Waals surface area (Å²) in [6.45, 7) is 2.55. The Morgan fingerprint density at radius 1 is 1.62 bits per heavy atom. The minimum Gasteiger partial charge on any atom is -0.463 e. The van der Waals surface area contributed by atoms with Gasteiger partial charge in [0.05, 0.1) is 13.7 Å². The Labute approximate surface area is 75.4 Å². The third-order valence-electron chi connectivity index (χ3n) is 2.09. The summed E-state index contributed by atoms with van der Waals surface area (Å²) < 4.78 is 14.9. The lowest BCUT2D eigenvalue weighted by molar-refractivity contribution is 0.0560. The van der Waals surface area contributed by atoms with Gasteiger partial charge < -0.3 is 13.9 Å².